The minimum atomic E-state index is -0.362. The third-order valence-electron chi connectivity index (χ3n) is 5.27. The number of fused-ring (bicyclic) bond motifs is 1. The first-order chi connectivity index (χ1) is 10.1. The van der Waals surface area contributed by atoms with Gasteiger partial charge in [-0.2, -0.15) is 0 Å². The van der Waals surface area contributed by atoms with Crippen LogP contribution in [0.3, 0.4) is 0 Å². The molecule has 3 heteroatoms. The van der Waals surface area contributed by atoms with E-state index in [4.69, 9.17) is 0 Å². The van der Waals surface area contributed by atoms with Gasteiger partial charge in [0.2, 0.25) is 0 Å². The van der Waals surface area contributed by atoms with Crippen LogP contribution in [0, 0.1) is 13.8 Å². The summed E-state index contributed by atoms with van der Waals surface area (Å²) in [6.45, 7) is 9.68. The van der Waals surface area contributed by atoms with Crippen LogP contribution in [0.2, 0.25) is 0 Å². The topological polar surface area (TPSA) is 26.7 Å². The van der Waals surface area contributed by atoms with Crippen molar-refractivity contribution in [2.75, 3.05) is 32.7 Å². The molecule has 2 unspecified atom stereocenters. The number of aliphatic hydroxyl groups is 1. The Morgan fingerprint density at radius 2 is 2.00 bits per heavy atom. The molecule has 2 aliphatic rings. The van der Waals surface area contributed by atoms with E-state index in [1.807, 2.05) is 0 Å². The molecule has 1 aromatic rings. The van der Waals surface area contributed by atoms with Crippen LogP contribution in [0.5, 0.6) is 0 Å². The fraction of sp³-hybridized carbons (Fsp3) is 0.667. The van der Waals surface area contributed by atoms with Crippen LogP contribution < -0.4 is 0 Å². The van der Waals surface area contributed by atoms with Crippen LogP contribution in [0.4, 0.5) is 0 Å². The molecule has 2 aliphatic heterocycles. The largest absolute Gasteiger partial charge is 0.387 e. The van der Waals surface area contributed by atoms with Gasteiger partial charge in [-0.25, -0.2) is 0 Å². The van der Waals surface area contributed by atoms with Crippen LogP contribution in [0.1, 0.15) is 42.1 Å². The highest BCUT2D eigenvalue weighted by Gasteiger charge is 2.29. The van der Waals surface area contributed by atoms with E-state index in [1.54, 1.807) is 0 Å². The van der Waals surface area contributed by atoms with Gasteiger partial charge in [0.25, 0.3) is 0 Å². The molecule has 3 nitrogen and oxygen atoms in total. The van der Waals surface area contributed by atoms with Crippen molar-refractivity contribution in [3.8, 4) is 0 Å². The second kappa shape index (κ2) is 6.47. The smallest absolute Gasteiger partial charge is 0.0917 e. The molecule has 0 radical (unpaired) electrons. The highest BCUT2D eigenvalue weighted by atomic mass is 16.3. The van der Waals surface area contributed by atoms with Gasteiger partial charge >= 0.3 is 0 Å². The Morgan fingerprint density at radius 3 is 2.81 bits per heavy atom. The van der Waals surface area contributed by atoms with Crippen molar-refractivity contribution in [2.45, 2.75) is 45.3 Å². The number of hydrogen-bond acceptors (Lipinski definition) is 3. The van der Waals surface area contributed by atoms with Gasteiger partial charge < -0.3 is 5.11 Å². The monoisotopic (exact) mass is 288 g/mol. The van der Waals surface area contributed by atoms with Crippen LogP contribution in [-0.4, -0.2) is 53.7 Å². The molecule has 2 saturated heterocycles. The van der Waals surface area contributed by atoms with E-state index in [1.165, 1.54) is 43.5 Å². The summed E-state index contributed by atoms with van der Waals surface area (Å²) in [6, 6.07) is 7.05. The maximum atomic E-state index is 10.5. The van der Waals surface area contributed by atoms with Crippen LogP contribution >= 0.6 is 0 Å². The van der Waals surface area contributed by atoms with Crippen LogP contribution in [0.25, 0.3) is 0 Å². The summed E-state index contributed by atoms with van der Waals surface area (Å²) in [5, 5.41) is 10.5. The number of piperidine rings is 1. The summed E-state index contributed by atoms with van der Waals surface area (Å²) in [4.78, 5) is 5.09. The summed E-state index contributed by atoms with van der Waals surface area (Å²) in [5.74, 6) is 0. The molecule has 116 valence electrons. The first-order valence-electron chi connectivity index (χ1n) is 8.35. The molecule has 0 aromatic heterocycles. The second-order valence-electron chi connectivity index (χ2n) is 6.80. The Labute approximate surface area is 128 Å². The van der Waals surface area contributed by atoms with Gasteiger partial charge in [0, 0.05) is 32.2 Å². The van der Waals surface area contributed by atoms with Gasteiger partial charge in [0.15, 0.2) is 0 Å². The second-order valence-corrected chi connectivity index (χ2v) is 6.80. The Kier molecular flexibility index (Phi) is 4.63. The van der Waals surface area contributed by atoms with E-state index < -0.39 is 0 Å². The predicted molar refractivity (Wildman–Crippen MR) is 86.5 cm³/mol. The lowest BCUT2D eigenvalue weighted by atomic mass is 9.98. The van der Waals surface area contributed by atoms with E-state index in [-0.39, 0.29) is 6.10 Å². The van der Waals surface area contributed by atoms with Gasteiger partial charge in [-0.15, -0.1) is 0 Å². The molecule has 3 rings (SSSR count). The van der Waals surface area contributed by atoms with Gasteiger partial charge in [0.05, 0.1) is 6.10 Å². The number of aryl methyl sites for hydroxylation is 2. The molecule has 0 spiro atoms. The van der Waals surface area contributed by atoms with Crippen molar-refractivity contribution in [2.24, 2.45) is 0 Å². The third kappa shape index (κ3) is 3.47. The highest BCUT2D eigenvalue weighted by molar-refractivity contribution is 5.31. The molecule has 1 N–H and O–H groups in total. The van der Waals surface area contributed by atoms with Crippen molar-refractivity contribution < 1.29 is 5.11 Å². The molecule has 2 atom stereocenters. The average molecular weight is 288 g/mol. The zero-order valence-electron chi connectivity index (χ0n) is 13.4. The molecule has 0 bridgehead atoms. The van der Waals surface area contributed by atoms with Crippen LogP contribution in [-0.2, 0) is 0 Å². The molecule has 2 heterocycles. The minimum absolute atomic E-state index is 0.362. The zero-order chi connectivity index (χ0) is 14.8. The Balaban J connectivity index is 1.59. The Morgan fingerprint density at radius 1 is 1.14 bits per heavy atom. The van der Waals surface area contributed by atoms with E-state index >= 15 is 0 Å². The lowest BCUT2D eigenvalue weighted by Crippen LogP contribution is -2.55. The van der Waals surface area contributed by atoms with Gasteiger partial charge in [-0.3, -0.25) is 9.80 Å². The summed E-state index contributed by atoms with van der Waals surface area (Å²) in [6.07, 6.45) is 3.70. The van der Waals surface area contributed by atoms with Crippen LogP contribution in [0.15, 0.2) is 18.2 Å². The number of piperazine rings is 1. The zero-order valence-corrected chi connectivity index (χ0v) is 13.4. The maximum Gasteiger partial charge on any atom is 0.0917 e. The minimum Gasteiger partial charge on any atom is -0.387 e. The van der Waals surface area contributed by atoms with Crippen molar-refractivity contribution in [1.82, 2.24) is 9.80 Å². The van der Waals surface area contributed by atoms with Crippen molar-refractivity contribution >= 4 is 0 Å². The van der Waals surface area contributed by atoms with E-state index in [0.717, 1.165) is 31.2 Å². The molecule has 0 saturated carbocycles. The lowest BCUT2D eigenvalue weighted by molar-refractivity contribution is 0.0234. The molecular formula is C18H28N2O. The van der Waals surface area contributed by atoms with Crippen molar-refractivity contribution in [3.05, 3.63) is 34.9 Å². The number of β-amino-alcohol motifs (C(OH)–C–C–N with tert-alkyl or cyclic N) is 1. The Bertz CT molecular complexity index is 488. The first-order valence-corrected chi connectivity index (χ1v) is 8.35. The molecule has 1 aromatic carbocycles. The number of nitrogens with zero attached hydrogens (tertiary/aromatic N) is 2. The summed E-state index contributed by atoms with van der Waals surface area (Å²) in [7, 11) is 0. The molecule has 2 fully saturated rings. The third-order valence-corrected chi connectivity index (χ3v) is 5.27. The fourth-order valence-electron chi connectivity index (χ4n) is 3.71. The number of aliphatic hydroxyl groups excluding tert-OH is 1. The standard InChI is InChI=1S/C18H28N2O/c1-14-6-7-16(11-15(14)2)18(21)13-19-9-10-20-8-4-3-5-17(20)12-19/h6-7,11,17-18,21H,3-5,8-10,12-13H2,1-2H3. The van der Waals surface area contributed by atoms with E-state index in [9.17, 15) is 5.11 Å². The van der Waals surface area contributed by atoms with Gasteiger partial charge in [-0.05, 0) is 49.9 Å². The Hall–Kier alpha value is -0.900. The summed E-state index contributed by atoms with van der Waals surface area (Å²) in [5.41, 5.74) is 3.62. The van der Waals surface area contributed by atoms with E-state index in [2.05, 4.69) is 41.8 Å². The normalized spacial score (nSPS) is 25.6. The molecule has 21 heavy (non-hydrogen) atoms. The number of benzene rings is 1. The van der Waals surface area contributed by atoms with Crippen molar-refractivity contribution in [3.63, 3.8) is 0 Å². The SMILES string of the molecule is Cc1ccc(C(O)CN2CCN3CCCCC3C2)cc1C. The predicted octanol–water partition coefficient (Wildman–Crippen LogP) is 2.51. The van der Waals surface area contributed by atoms with Crippen molar-refractivity contribution in [1.29, 1.82) is 0 Å². The summed E-state index contributed by atoms with van der Waals surface area (Å²) < 4.78 is 0. The average Bonchev–Trinajstić information content (AvgIpc) is 2.50. The summed E-state index contributed by atoms with van der Waals surface area (Å²) >= 11 is 0. The lowest BCUT2D eigenvalue weighted by Gasteiger charge is -2.44. The fourth-order valence-corrected chi connectivity index (χ4v) is 3.71. The molecular weight excluding hydrogens is 260 g/mol. The molecule has 0 aliphatic carbocycles. The first kappa shape index (κ1) is 15.0. The highest BCUT2D eigenvalue weighted by Crippen LogP contribution is 2.23. The van der Waals surface area contributed by atoms with Gasteiger partial charge in [0.1, 0.15) is 0 Å². The van der Waals surface area contributed by atoms with E-state index in [0.29, 0.717) is 0 Å². The number of rotatable bonds is 3. The number of hydrogen-bond donors (Lipinski definition) is 1. The van der Waals surface area contributed by atoms with Gasteiger partial charge in [-0.1, -0.05) is 24.6 Å². The maximum absolute atomic E-state index is 10.5. The molecule has 0 amide bonds. The quantitative estimate of drug-likeness (QED) is 0.926.